The summed E-state index contributed by atoms with van der Waals surface area (Å²) in [5.41, 5.74) is 0.154. The summed E-state index contributed by atoms with van der Waals surface area (Å²) in [6, 6.07) is 8.74. The van der Waals surface area contributed by atoms with Crippen LogP contribution in [0, 0.1) is 17.8 Å². The Labute approximate surface area is 217 Å². The average molecular weight is 518 g/mol. The number of hydrogen-bond donors (Lipinski definition) is 1. The van der Waals surface area contributed by atoms with Gasteiger partial charge in [-0.2, -0.15) is 13.2 Å². The van der Waals surface area contributed by atoms with Crippen LogP contribution in [0.3, 0.4) is 0 Å². The van der Waals surface area contributed by atoms with Crippen molar-refractivity contribution in [1.29, 1.82) is 0 Å². The van der Waals surface area contributed by atoms with Crippen LogP contribution in [0.15, 0.2) is 30.3 Å². The number of rotatable bonds is 6. The lowest BCUT2D eigenvalue weighted by atomic mass is 9.78. The lowest BCUT2D eigenvalue weighted by molar-refractivity contribution is -0.144. The van der Waals surface area contributed by atoms with Gasteiger partial charge < -0.3 is 9.84 Å². The van der Waals surface area contributed by atoms with Gasteiger partial charge in [-0.1, -0.05) is 31.5 Å². The maximum absolute atomic E-state index is 14.4. The van der Waals surface area contributed by atoms with E-state index in [2.05, 4.69) is 11.8 Å². The van der Waals surface area contributed by atoms with E-state index in [0.29, 0.717) is 30.2 Å². The van der Waals surface area contributed by atoms with Crippen LogP contribution in [0.25, 0.3) is 10.8 Å². The number of piperidine rings is 1. The summed E-state index contributed by atoms with van der Waals surface area (Å²) in [4.78, 5) is 14.0. The quantitative estimate of drug-likeness (QED) is 0.427. The van der Waals surface area contributed by atoms with Crippen LogP contribution >= 0.6 is 0 Å². The van der Waals surface area contributed by atoms with E-state index < -0.39 is 17.7 Å². The van der Waals surface area contributed by atoms with E-state index >= 15 is 0 Å². The highest BCUT2D eigenvalue weighted by Gasteiger charge is 2.38. The number of carbonyl (C=O) groups is 1. The van der Waals surface area contributed by atoms with E-state index in [1.165, 1.54) is 6.07 Å². The number of nitrogens with zero attached hydrogens (tertiary/aromatic N) is 1. The highest BCUT2D eigenvalue weighted by atomic mass is 19.4. The lowest BCUT2D eigenvalue weighted by Gasteiger charge is -2.43. The molecule has 2 bridgehead atoms. The van der Waals surface area contributed by atoms with Gasteiger partial charge in [-0.25, -0.2) is 0 Å². The van der Waals surface area contributed by atoms with Crippen LogP contribution in [0.4, 0.5) is 13.2 Å². The number of benzene rings is 2. The summed E-state index contributed by atoms with van der Waals surface area (Å²) in [6.07, 6.45) is 4.28. The smallest absolute Gasteiger partial charge is 0.420 e. The van der Waals surface area contributed by atoms with E-state index in [1.807, 2.05) is 6.07 Å². The predicted molar refractivity (Wildman–Crippen MR) is 138 cm³/mol. The zero-order chi connectivity index (χ0) is 26.2. The second-order valence-corrected chi connectivity index (χ2v) is 11.5. The van der Waals surface area contributed by atoms with Gasteiger partial charge in [0.25, 0.3) is 0 Å². The standard InChI is InChI=1S/C30H38F3NO3/c1-2-19-6-12-25(13-7-19)37-27-14-10-22-8-4-21(15-26(22)28(27)30(31,32)33)18-34-17-20-3-9-23(29(35)36)16-24(34)11-5-20/h4,8,10,14-15,19-20,23-25H,2-3,5-7,9,11-13,16-18H2,1H3,(H,35,36)/t19-,20?,23?,24?,25+. The minimum Gasteiger partial charge on any atom is -0.490 e. The molecule has 2 aliphatic heterocycles. The van der Waals surface area contributed by atoms with Crippen LogP contribution < -0.4 is 4.74 Å². The van der Waals surface area contributed by atoms with Gasteiger partial charge >= 0.3 is 12.1 Å². The molecule has 0 spiro atoms. The van der Waals surface area contributed by atoms with Crippen molar-refractivity contribution in [1.82, 2.24) is 4.90 Å². The molecule has 0 amide bonds. The Morgan fingerprint density at radius 1 is 1.03 bits per heavy atom. The molecule has 6 rings (SSSR count). The molecule has 37 heavy (non-hydrogen) atoms. The molecular formula is C30H38F3NO3. The molecule has 0 aromatic heterocycles. The zero-order valence-corrected chi connectivity index (χ0v) is 21.6. The van der Waals surface area contributed by atoms with Crippen molar-refractivity contribution < 1.29 is 27.8 Å². The first-order valence-electron chi connectivity index (χ1n) is 14.0. The molecule has 4 aliphatic rings. The molecule has 2 saturated carbocycles. The van der Waals surface area contributed by atoms with Crippen molar-refractivity contribution in [2.45, 2.75) is 96.0 Å². The van der Waals surface area contributed by atoms with E-state index in [-0.39, 0.29) is 29.2 Å². The molecule has 3 atom stereocenters. The Morgan fingerprint density at radius 3 is 2.46 bits per heavy atom. The second kappa shape index (κ2) is 10.8. The highest BCUT2D eigenvalue weighted by Crippen LogP contribution is 2.43. The predicted octanol–water partition coefficient (Wildman–Crippen LogP) is 7.67. The SMILES string of the molecule is CC[C@H]1CC[C@@H](Oc2ccc3ccc(CN4CC5CCC(C(=O)O)CC4CC5)cc3c2C(F)(F)F)CC1. The van der Waals surface area contributed by atoms with Crippen molar-refractivity contribution in [3.8, 4) is 5.75 Å². The van der Waals surface area contributed by atoms with Crippen LogP contribution in [0.2, 0.25) is 0 Å². The lowest BCUT2D eigenvalue weighted by Crippen LogP contribution is -2.46. The Morgan fingerprint density at radius 2 is 1.76 bits per heavy atom. The molecule has 2 saturated heterocycles. The van der Waals surface area contributed by atoms with Crippen molar-refractivity contribution in [2.24, 2.45) is 17.8 Å². The van der Waals surface area contributed by atoms with E-state index in [1.54, 1.807) is 18.2 Å². The van der Waals surface area contributed by atoms with Gasteiger partial charge in [-0.05, 0) is 98.1 Å². The van der Waals surface area contributed by atoms with Crippen LogP contribution in [-0.2, 0) is 17.5 Å². The third-order valence-electron chi connectivity index (χ3n) is 9.13. The molecule has 1 N–H and O–H groups in total. The Kier molecular flexibility index (Phi) is 7.71. The number of alkyl halides is 3. The molecule has 2 aliphatic carbocycles. The van der Waals surface area contributed by atoms with Gasteiger partial charge in [-0.3, -0.25) is 9.69 Å². The number of halogens is 3. The Balaban J connectivity index is 1.41. The number of carboxylic acids is 1. The average Bonchev–Trinajstić information content (AvgIpc) is 2.84. The van der Waals surface area contributed by atoms with E-state index in [4.69, 9.17) is 4.74 Å². The van der Waals surface area contributed by atoms with Crippen molar-refractivity contribution >= 4 is 16.7 Å². The summed E-state index contributed by atoms with van der Waals surface area (Å²) in [5, 5.41) is 10.4. The zero-order valence-electron chi connectivity index (χ0n) is 21.6. The van der Waals surface area contributed by atoms with Gasteiger partial charge in [0.1, 0.15) is 11.3 Å². The summed E-state index contributed by atoms with van der Waals surface area (Å²) in [5.74, 6) is -0.0376. The largest absolute Gasteiger partial charge is 0.490 e. The number of carboxylic acid groups (broad SMARTS) is 1. The van der Waals surface area contributed by atoms with Gasteiger partial charge in [0, 0.05) is 19.1 Å². The van der Waals surface area contributed by atoms with Crippen molar-refractivity contribution in [3.63, 3.8) is 0 Å². The first-order valence-corrected chi connectivity index (χ1v) is 14.0. The second-order valence-electron chi connectivity index (χ2n) is 11.5. The molecule has 2 aromatic carbocycles. The molecule has 3 unspecified atom stereocenters. The number of ether oxygens (including phenoxy) is 1. The molecule has 2 aromatic rings. The Hall–Kier alpha value is -2.28. The molecule has 0 radical (unpaired) electrons. The summed E-state index contributed by atoms with van der Waals surface area (Å²) < 4.78 is 49.3. The van der Waals surface area contributed by atoms with Crippen molar-refractivity contribution in [2.75, 3.05) is 6.54 Å². The number of aliphatic carboxylic acids is 1. The fourth-order valence-corrected chi connectivity index (χ4v) is 6.89. The van der Waals surface area contributed by atoms with Crippen LogP contribution in [0.5, 0.6) is 5.75 Å². The number of hydrogen-bond acceptors (Lipinski definition) is 3. The van der Waals surface area contributed by atoms with Gasteiger partial charge in [0.2, 0.25) is 0 Å². The van der Waals surface area contributed by atoms with Crippen LogP contribution in [-0.4, -0.2) is 34.7 Å². The maximum Gasteiger partial charge on any atom is 0.420 e. The molecule has 4 nitrogen and oxygen atoms in total. The summed E-state index contributed by atoms with van der Waals surface area (Å²) in [6.45, 7) is 3.58. The minimum absolute atomic E-state index is 0.0632. The fourth-order valence-electron chi connectivity index (χ4n) is 6.89. The molecule has 2 heterocycles. The van der Waals surface area contributed by atoms with Crippen molar-refractivity contribution in [3.05, 3.63) is 41.5 Å². The monoisotopic (exact) mass is 517 g/mol. The third kappa shape index (κ3) is 5.92. The summed E-state index contributed by atoms with van der Waals surface area (Å²) in [7, 11) is 0. The highest BCUT2D eigenvalue weighted by molar-refractivity contribution is 5.89. The van der Waals surface area contributed by atoms with E-state index in [9.17, 15) is 23.1 Å². The van der Waals surface area contributed by atoms with E-state index in [0.717, 1.165) is 69.9 Å². The molecule has 7 heteroatoms. The molecular weight excluding hydrogens is 479 g/mol. The van der Waals surface area contributed by atoms with Crippen LogP contribution in [0.1, 0.15) is 82.3 Å². The topological polar surface area (TPSA) is 49.8 Å². The van der Waals surface area contributed by atoms with Gasteiger partial charge in [0.15, 0.2) is 0 Å². The Bertz CT molecular complexity index is 1110. The van der Waals surface area contributed by atoms with Gasteiger partial charge in [0.05, 0.1) is 12.0 Å². The first kappa shape index (κ1) is 26.3. The fraction of sp³-hybridized carbons (Fsp3) is 0.633. The molecule has 4 fully saturated rings. The first-order chi connectivity index (χ1) is 17.7. The van der Waals surface area contributed by atoms with Gasteiger partial charge in [-0.15, -0.1) is 0 Å². The normalized spacial score (nSPS) is 29.1. The molecule has 202 valence electrons. The summed E-state index contributed by atoms with van der Waals surface area (Å²) >= 11 is 0. The number of fused-ring (bicyclic) bond motifs is 6. The maximum atomic E-state index is 14.4. The third-order valence-corrected chi connectivity index (χ3v) is 9.13. The minimum atomic E-state index is -4.53.